The van der Waals surface area contributed by atoms with E-state index in [1.807, 2.05) is 6.92 Å². The number of nitrogens with zero attached hydrogens (tertiary/aromatic N) is 1. The van der Waals surface area contributed by atoms with Crippen LogP contribution in [0.1, 0.15) is 12.6 Å². The second-order valence-electron chi connectivity index (χ2n) is 3.77. The van der Waals surface area contributed by atoms with Crippen molar-refractivity contribution in [3.63, 3.8) is 0 Å². The summed E-state index contributed by atoms with van der Waals surface area (Å²) in [5, 5.41) is 0.718. The maximum absolute atomic E-state index is 13.7. The third-order valence-corrected chi connectivity index (χ3v) is 3.53. The zero-order valence-electron chi connectivity index (χ0n) is 9.55. The second kappa shape index (κ2) is 4.49. The zero-order chi connectivity index (χ0) is 12.6. The molecule has 0 saturated carbocycles. The standard InChI is InChI=1S/C12H12BrFN2O/c1-3-16(13)11-7(2)15-12(17)10-8(11)5-4-6-9(10)14/h4-6H,3H2,1-2H3,(H,15,17). The molecule has 1 N–H and O–H groups in total. The van der Waals surface area contributed by atoms with Gasteiger partial charge in [-0.25, -0.2) is 4.39 Å². The summed E-state index contributed by atoms with van der Waals surface area (Å²) in [5.74, 6) is -0.498. The van der Waals surface area contributed by atoms with Gasteiger partial charge in [0, 0.05) is 33.8 Å². The van der Waals surface area contributed by atoms with Gasteiger partial charge in [-0.1, -0.05) is 12.1 Å². The van der Waals surface area contributed by atoms with E-state index >= 15 is 0 Å². The highest BCUT2D eigenvalue weighted by Crippen LogP contribution is 2.30. The van der Waals surface area contributed by atoms with Crippen LogP contribution in [0.2, 0.25) is 0 Å². The Labute approximate surface area is 107 Å². The molecule has 0 aliphatic carbocycles. The highest BCUT2D eigenvalue weighted by molar-refractivity contribution is 9.10. The molecule has 17 heavy (non-hydrogen) atoms. The summed E-state index contributed by atoms with van der Waals surface area (Å²) in [6, 6.07) is 4.65. The van der Waals surface area contributed by atoms with Crippen LogP contribution < -0.4 is 9.49 Å². The van der Waals surface area contributed by atoms with Gasteiger partial charge in [0.2, 0.25) is 0 Å². The van der Waals surface area contributed by atoms with Gasteiger partial charge in [0.05, 0.1) is 11.1 Å². The summed E-state index contributed by atoms with van der Waals surface area (Å²) >= 11 is 3.39. The summed E-state index contributed by atoms with van der Waals surface area (Å²) in [7, 11) is 0. The number of aryl methyl sites for hydroxylation is 1. The van der Waals surface area contributed by atoms with E-state index in [2.05, 4.69) is 21.1 Å². The first kappa shape index (κ1) is 12.1. The quantitative estimate of drug-likeness (QED) is 0.865. The number of benzene rings is 1. The molecule has 0 bridgehead atoms. The van der Waals surface area contributed by atoms with Gasteiger partial charge in [0.1, 0.15) is 5.82 Å². The fraction of sp³-hybridized carbons (Fsp3) is 0.250. The lowest BCUT2D eigenvalue weighted by Crippen LogP contribution is -2.16. The second-order valence-corrected chi connectivity index (χ2v) is 4.62. The van der Waals surface area contributed by atoms with E-state index in [-0.39, 0.29) is 5.39 Å². The molecule has 0 atom stereocenters. The highest BCUT2D eigenvalue weighted by Gasteiger charge is 2.14. The highest BCUT2D eigenvalue weighted by atomic mass is 79.9. The molecule has 0 spiro atoms. The molecule has 1 aromatic heterocycles. The Morgan fingerprint density at radius 1 is 1.47 bits per heavy atom. The van der Waals surface area contributed by atoms with Crippen molar-refractivity contribution in [2.75, 3.05) is 10.5 Å². The van der Waals surface area contributed by atoms with E-state index in [1.165, 1.54) is 6.07 Å². The zero-order valence-corrected chi connectivity index (χ0v) is 11.1. The minimum absolute atomic E-state index is 0.103. The van der Waals surface area contributed by atoms with E-state index in [0.29, 0.717) is 17.6 Å². The molecule has 0 saturated heterocycles. The lowest BCUT2D eigenvalue weighted by molar-refractivity contribution is 0.638. The number of H-pyrrole nitrogens is 1. The Bertz CT molecular complexity index is 624. The Morgan fingerprint density at radius 2 is 2.18 bits per heavy atom. The number of aromatic amines is 1. The van der Waals surface area contributed by atoms with Gasteiger partial charge >= 0.3 is 0 Å². The van der Waals surface area contributed by atoms with Crippen LogP contribution in [0.5, 0.6) is 0 Å². The van der Waals surface area contributed by atoms with Crippen LogP contribution in [0, 0.1) is 12.7 Å². The number of aromatic nitrogens is 1. The Hall–Kier alpha value is -1.36. The van der Waals surface area contributed by atoms with Crippen LogP contribution >= 0.6 is 16.1 Å². The van der Waals surface area contributed by atoms with Crippen LogP contribution in [0.25, 0.3) is 10.8 Å². The van der Waals surface area contributed by atoms with Crippen LogP contribution in [-0.2, 0) is 0 Å². The van der Waals surface area contributed by atoms with E-state index in [9.17, 15) is 9.18 Å². The van der Waals surface area contributed by atoms with Crippen LogP contribution in [0.3, 0.4) is 0 Å². The van der Waals surface area contributed by atoms with Gasteiger partial charge in [-0.15, -0.1) is 0 Å². The van der Waals surface area contributed by atoms with Crippen LogP contribution in [0.4, 0.5) is 10.1 Å². The van der Waals surface area contributed by atoms with Gasteiger partial charge in [0.15, 0.2) is 0 Å². The lowest BCUT2D eigenvalue weighted by atomic mass is 10.1. The first-order valence-electron chi connectivity index (χ1n) is 5.30. The monoisotopic (exact) mass is 298 g/mol. The summed E-state index contributed by atoms with van der Waals surface area (Å²) in [6.07, 6.45) is 0. The Kier molecular flexibility index (Phi) is 3.19. The average Bonchev–Trinajstić information content (AvgIpc) is 2.28. The van der Waals surface area contributed by atoms with Crippen molar-refractivity contribution in [2.45, 2.75) is 13.8 Å². The molecule has 0 aliphatic heterocycles. The molecule has 0 aliphatic rings. The number of hydrogen-bond donors (Lipinski definition) is 1. The van der Waals surface area contributed by atoms with Crippen molar-refractivity contribution in [3.8, 4) is 0 Å². The molecule has 1 aromatic carbocycles. The van der Waals surface area contributed by atoms with Gasteiger partial charge < -0.3 is 8.91 Å². The number of rotatable bonds is 2. The molecule has 0 amide bonds. The summed E-state index contributed by atoms with van der Waals surface area (Å²) in [6.45, 7) is 4.47. The molecule has 90 valence electrons. The summed E-state index contributed by atoms with van der Waals surface area (Å²) < 4.78 is 15.5. The number of nitrogens with one attached hydrogen (secondary N) is 1. The topological polar surface area (TPSA) is 36.1 Å². The van der Waals surface area contributed by atoms with Gasteiger partial charge in [-0.3, -0.25) is 4.79 Å². The first-order chi connectivity index (χ1) is 8.06. The van der Waals surface area contributed by atoms with Crippen LogP contribution in [0.15, 0.2) is 23.0 Å². The molecule has 0 radical (unpaired) electrons. The van der Waals surface area contributed by atoms with E-state index < -0.39 is 11.4 Å². The summed E-state index contributed by atoms with van der Waals surface area (Å²) in [5.41, 5.74) is 1.12. The van der Waals surface area contributed by atoms with Crippen molar-refractivity contribution in [1.29, 1.82) is 0 Å². The largest absolute Gasteiger partial charge is 0.324 e. The number of fused-ring (bicyclic) bond motifs is 1. The minimum atomic E-state index is -0.498. The van der Waals surface area contributed by atoms with Crippen molar-refractivity contribution in [3.05, 3.63) is 40.1 Å². The SMILES string of the molecule is CCN(Br)c1c(C)[nH]c(=O)c2c(F)cccc12. The third kappa shape index (κ3) is 1.95. The number of pyridine rings is 1. The third-order valence-electron chi connectivity index (χ3n) is 2.67. The molecule has 2 aromatic rings. The van der Waals surface area contributed by atoms with Gasteiger partial charge in [0.25, 0.3) is 5.56 Å². The molecular weight excluding hydrogens is 287 g/mol. The molecular formula is C12H12BrFN2O. The van der Waals surface area contributed by atoms with Crippen molar-refractivity contribution < 1.29 is 4.39 Å². The fourth-order valence-corrected chi connectivity index (χ4v) is 2.37. The van der Waals surface area contributed by atoms with Gasteiger partial charge in [-0.05, 0) is 19.9 Å². The van der Waals surface area contributed by atoms with E-state index in [4.69, 9.17) is 0 Å². The molecule has 0 unspecified atom stereocenters. The van der Waals surface area contributed by atoms with Crippen molar-refractivity contribution >= 4 is 32.6 Å². The normalized spacial score (nSPS) is 10.8. The molecule has 0 fully saturated rings. The predicted molar refractivity (Wildman–Crippen MR) is 71.2 cm³/mol. The molecule has 1 heterocycles. The maximum atomic E-state index is 13.7. The number of anilines is 1. The van der Waals surface area contributed by atoms with Crippen molar-refractivity contribution in [1.82, 2.24) is 4.98 Å². The average molecular weight is 299 g/mol. The Balaban J connectivity index is 2.93. The number of halogens is 2. The van der Waals surface area contributed by atoms with Crippen molar-refractivity contribution in [2.24, 2.45) is 0 Å². The smallest absolute Gasteiger partial charge is 0.259 e. The van der Waals surface area contributed by atoms with E-state index in [0.717, 1.165) is 5.69 Å². The van der Waals surface area contributed by atoms with Gasteiger partial charge in [-0.2, -0.15) is 0 Å². The molecule has 5 heteroatoms. The number of hydrogen-bond acceptors (Lipinski definition) is 2. The Morgan fingerprint density at radius 3 is 2.82 bits per heavy atom. The molecule has 3 nitrogen and oxygen atoms in total. The first-order valence-corrected chi connectivity index (χ1v) is 6.01. The van der Waals surface area contributed by atoms with E-state index in [1.54, 1.807) is 23.0 Å². The fourth-order valence-electron chi connectivity index (χ4n) is 1.92. The molecule has 2 rings (SSSR count). The minimum Gasteiger partial charge on any atom is -0.324 e. The van der Waals surface area contributed by atoms with Crippen LogP contribution in [-0.4, -0.2) is 11.5 Å². The predicted octanol–water partition coefficient (Wildman–Crippen LogP) is 3.11. The lowest BCUT2D eigenvalue weighted by Gasteiger charge is -2.18. The summed E-state index contributed by atoms with van der Waals surface area (Å²) in [4.78, 5) is 14.4. The maximum Gasteiger partial charge on any atom is 0.259 e.